The number of nitrogens with zero attached hydrogens (tertiary/aromatic N) is 3. The topological polar surface area (TPSA) is 71.3 Å². The number of hydrogen-bond acceptors (Lipinski definition) is 5. The Hall–Kier alpha value is -3.29. The van der Waals surface area contributed by atoms with Gasteiger partial charge in [-0.15, -0.1) is 0 Å². The highest BCUT2D eigenvalue weighted by atomic mass is 19.1. The molecule has 1 aromatic heterocycles. The number of anilines is 1. The smallest absolute Gasteiger partial charge is 0.260 e. The first kappa shape index (κ1) is 19.5. The SMILES string of the molecule is CCN(Cc1ccccc1NCc1noc(-c2ccc(F)cc2F)n1)C(C)=O. The Morgan fingerprint density at radius 2 is 2.00 bits per heavy atom. The lowest BCUT2D eigenvalue weighted by atomic mass is 10.1. The molecule has 0 aliphatic carbocycles. The van der Waals surface area contributed by atoms with E-state index in [9.17, 15) is 13.6 Å². The minimum Gasteiger partial charge on any atom is -0.377 e. The summed E-state index contributed by atoms with van der Waals surface area (Å²) in [5, 5.41) is 7.04. The molecule has 0 atom stereocenters. The van der Waals surface area contributed by atoms with Gasteiger partial charge >= 0.3 is 0 Å². The van der Waals surface area contributed by atoms with Gasteiger partial charge in [-0.2, -0.15) is 4.98 Å². The predicted octanol–water partition coefficient (Wildman–Crippen LogP) is 4.00. The molecule has 3 rings (SSSR count). The standard InChI is InChI=1S/C20H20F2N4O2/c1-3-26(13(2)27)12-14-6-4-5-7-18(14)23-11-19-24-20(28-25-19)16-9-8-15(21)10-17(16)22/h4-10,23H,3,11-12H2,1-2H3. The number of carbonyl (C=O) groups is 1. The minimum absolute atomic E-state index is 0.00133. The largest absolute Gasteiger partial charge is 0.377 e. The van der Waals surface area contributed by atoms with Crippen molar-refractivity contribution >= 4 is 11.6 Å². The zero-order valence-corrected chi connectivity index (χ0v) is 15.6. The number of nitrogens with one attached hydrogen (secondary N) is 1. The van der Waals surface area contributed by atoms with E-state index >= 15 is 0 Å². The maximum atomic E-state index is 13.9. The van der Waals surface area contributed by atoms with E-state index < -0.39 is 11.6 Å². The van der Waals surface area contributed by atoms with Crippen molar-refractivity contribution in [2.24, 2.45) is 0 Å². The summed E-state index contributed by atoms with van der Waals surface area (Å²) < 4.78 is 32.0. The number of rotatable bonds is 7. The van der Waals surface area contributed by atoms with Gasteiger partial charge in [-0.3, -0.25) is 4.79 Å². The van der Waals surface area contributed by atoms with Gasteiger partial charge in [0.15, 0.2) is 5.82 Å². The van der Waals surface area contributed by atoms with Gasteiger partial charge in [-0.25, -0.2) is 8.78 Å². The third-order valence-corrected chi connectivity index (χ3v) is 4.27. The Morgan fingerprint density at radius 1 is 1.21 bits per heavy atom. The molecule has 0 saturated heterocycles. The van der Waals surface area contributed by atoms with Crippen LogP contribution < -0.4 is 5.32 Å². The second kappa shape index (κ2) is 8.60. The Labute approximate surface area is 161 Å². The van der Waals surface area contributed by atoms with Crippen LogP contribution in [0.1, 0.15) is 25.2 Å². The van der Waals surface area contributed by atoms with Crippen LogP contribution in [-0.4, -0.2) is 27.5 Å². The Morgan fingerprint density at radius 3 is 2.71 bits per heavy atom. The predicted molar refractivity (Wildman–Crippen MR) is 100 cm³/mol. The quantitative estimate of drug-likeness (QED) is 0.665. The number of amides is 1. The highest BCUT2D eigenvalue weighted by Crippen LogP contribution is 2.22. The summed E-state index contributed by atoms with van der Waals surface area (Å²) in [5.41, 5.74) is 1.83. The highest BCUT2D eigenvalue weighted by Gasteiger charge is 2.15. The summed E-state index contributed by atoms with van der Waals surface area (Å²) in [5.74, 6) is -1.13. The fraction of sp³-hybridized carbons (Fsp3) is 0.250. The van der Waals surface area contributed by atoms with Crippen LogP contribution in [0.15, 0.2) is 47.0 Å². The number of halogens is 2. The molecule has 1 amide bonds. The van der Waals surface area contributed by atoms with Gasteiger partial charge in [0.1, 0.15) is 11.6 Å². The van der Waals surface area contributed by atoms with Gasteiger partial charge < -0.3 is 14.7 Å². The fourth-order valence-corrected chi connectivity index (χ4v) is 2.75. The first-order chi connectivity index (χ1) is 13.5. The first-order valence-corrected chi connectivity index (χ1v) is 8.83. The molecule has 0 unspecified atom stereocenters. The summed E-state index contributed by atoms with van der Waals surface area (Å²) in [6.07, 6.45) is 0. The zero-order valence-electron chi connectivity index (χ0n) is 15.6. The van der Waals surface area contributed by atoms with E-state index in [1.54, 1.807) is 4.90 Å². The van der Waals surface area contributed by atoms with Crippen LogP contribution in [0.5, 0.6) is 0 Å². The molecule has 0 saturated carbocycles. The van der Waals surface area contributed by atoms with Gasteiger partial charge in [0.05, 0.1) is 12.1 Å². The van der Waals surface area contributed by atoms with Crippen LogP contribution >= 0.6 is 0 Å². The molecular formula is C20H20F2N4O2. The molecule has 0 spiro atoms. The van der Waals surface area contributed by atoms with Crippen molar-refractivity contribution in [3.8, 4) is 11.5 Å². The second-order valence-electron chi connectivity index (χ2n) is 6.18. The van der Waals surface area contributed by atoms with Crippen LogP contribution in [0.4, 0.5) is 14.5 Å². The lowest BCUT2D eigenvalue weighted by molar-refractivity contribution is -0.129. The third kappa shape index (κ3) is 4.51. The Balaban J connectivity index is 1.72. The highest BCUT2D eigenvalue weighted by molar-refractivity contribution is 5.73. The molecule has 0 aliphatic heterocycles. The van der Waals surface area contributed by atoms with Crippen molar-refractivity contribution in [2.75, 3.05) is 11.9 Å². The average molecular weight is 386 g/mol. The monoisotopic (exact) mass is 386 g/mol. The summed E-state index contributed by atoms with van der Waals surface area (Å²) in [4.78, 5) is 17.6. The van der Waals surface area contributed by atoms with E-state index in [1.807, 2.05) is 31.2 Å². The molecule has 3 aromatic rings. The second-order valence-corrected chi connectivity index (χ2v) is 6.18. The third-order valence-electron chi connectivity index (χ3n) is 4.27. The van der Waals surface area contributed by atoms with E-state index in [-0.39, 0.29) is 23.9 Å². The molecule has 8 heteroatoms. The van der Waals surface area contributed by atoms with Crippen LogP contribution in [0.2, 0.25) is 0 Å². The van der Waals surface area contributed by atoms with E-state index in [0.717, 1.165) is 23.4 Å². The lowest BCUT2D eigenvalue weighted by Crippen LogP contribution is -2.28. The number of hydrogen-bond donors (Lipinski definition) is 1. The van der Waals surface area contributed by atoms with Crippen molar-refractivity contribution in [1.82, 2.24) is 15.0 Å². The van der Waals surface area contributed by atoms with Crippen molar-refractivity contribution in [3.63, 3.8) is 0 Å². The molecule has 28 heavy (non-hydrogen) atoms. The lowest BCUT2D eigenvalue weighted by Gasteiger charge is -2.21. The van der Waals surface area contributed by atoms with Gasteiger partial charge in [0.25, 0.3) is 5.89 Å². The van der Waals surface area contributed by atoms with E-state index in [1.165, 1.54) is 13.0 Å². The maximum absolute atomic E-state index is 13.9. The van der Waals surface area contributed by atoms with Gasteiger partial charge in [-0.05, 0) is 30.7 Å². The van der Waals surface area contributed by atoms with Crippen molar-refractivity contribution in [3.05, 3.63) is 65.5 Å². The molecule has 1 N–H and O–H groups in total. The van der Waals surface area contributed by atoms with Crippen LogP contribution in [0.25, 0.3) is 11.5 Å². The molecule has 1 heterocycles. The summed E-state index contributed by atoms with van der Waals surface area (Å²) >= 11 is 0. The van der Waals surface area contributed by atoms with E-state index in [0.29, 0.717) is 18.9 Å². The van der Waals surface area contributed by atoms with Gasteiger partial charge in [0, 0.05) is 31.8 Å². The van der Waals surface area contributed by atoms with Gasteiger partial charge in [-0.1, -0.05) is 23.4 Å². The zero-order chi connectivity index (χ0) is 20.1. The molecule has 0 bridgehead atoms. The number of aromatic nitrogens is 2. The maximum Gasteiger partial charge on any atom is 0.260 e. The van der Waals surface area contributed by atoms with Crippen molar-refractivity contribution in [1.29, 1.82) is 0 Å². The molecule has 0 radical (unpaired) electrons. The number of benzene rings is 2. The Kier molecular flexibility index (Phi) is 5.98. The van der Waals surface area contributed by atoms with E-state index in [2.05, 4.69) is 15.5 Å². The Bertz CT molecular complexity index is 974. The molecule has 146 valence electrons. The fourth-order valence-electron chi connectivity index (χ4n) is 2.75. The number of carbonyl (C=O) groups excluding carboxylic acids is 1. The summed E-state index contributed by atoms with van der Waals surface area (Å²) in [7, 11) is 0. The van der Waals surface area contributed by atoms with E-state index in [4.69, 9.17) is 4.52 Å². The average Bonchev–Trinajstić information content (AvgIpc) is 3.13. The van der Waals surface area contributed by atoms with Crippen molar-refractivity contribution < 1.29 is 18.1 Å². The summed E-state index contributed by atoms with van der Waals surface area (Å²) in [6.45, 7) is 4.80. The first-order valence-electron chi connectivity index (χ1n) is 8.83. The molecule has 6 nitrogen and oxygen atoms in total. The van der Waals surface area contributed by atoms with Crippen LogP contribution in [0, 0.1) is 11.6 Å². The van der Waals surface area contributed by atoms with Crippen LogP contribution in [0.3, 0.4) is 0 Å². The summed E-state index contributed by atoms with van der Waals surface area (Å²) in [6, 6.07) is 10.8. The molecule has 0 aliphatic rings. The molecule has 0 fully saturated rings. The normalized spacial score (nSPS) is 10.7. The van der Waals surface area contributed by atoms with Crippen molar-refractivity contribution in [2.45, 2.75) is 26.9 Å². The molecule has 2 aromatic carbocycles. The number of para-hydroxylation sites is 1. The molecular weight excluding hydrogens is 366 g/mol. The van der Waals surface area contributed by atoms with Gasteiger partial charge in [0.2, 0.25) is 5.91 Å². The minimum atomic E-state index is -0.766. The van der Waals surface area contributed by atoms with Crippen LogP contribution in [-0.2, 0) is 17.9 Å².